The van der Waals surface area contributed by atoms with E-state index in [1.165, 1.54) is 23.3 Å². The van der Waals surface area contributed by atoms with Crippen LogP contribution in [0.25, 0.3) is 0 Å². The standard InChI is InChI=1S/C34H43FO6/c1-34(2)40-32(30(36)24-37-21-9-15-26-11-5-3-6-12-26)33(41-34)31(39-23-28-17-19-29(35)20-18-28)25-38-22-10-16-27-13-7-4-8-14-27/h3-8,11-14,17-20,30-33,36H,9-10,15-16,21-25H2,1-2H3/t30-,31-,32-,33-/m1/s1. The summed E-state index contributed by atoms with van der Waals surface area (Å²) in [4.78, 5) is 0. The van der Waals surface area contributed by atoms with E-state index in [0.717, 1.165) is 31.2 Å². The smallest absolute Gasteiger partial charge is 0.164 e. The third kappa shape index (κ3) is 10.6. The van der Waals surface area contributed by atoms with Crippen LogP contribution in [0.3, 0.4) is 0 Å². The van der Waals surface area contributed by atoms with Crippen LogP contribution in [0.5, 0.6) is 0 Å². The van der Waals surface area contributed by atoms with E-state index in [4.69, 9.17) is 23.7 Å². The first kappa shape index (κ1) is 31.3. The van der Waals surface area contributed by atoms with Gasteiger partial charge in [-0.2, -0.15) is 0 Å². The average Bonchev–Trinajstić information content (AvgIpc) is 3.31. The molecular formula is C34H43FO6. The zero-order valence-corrected chi connectivity index (χ0v) is 24.1. The second kappa shape index (κ2) is 16.1. The third-order valence-corrected chi connectivity index (χ3v) is 7.05. The molecule has 41 heavy (non-hydrogen) atoms. The van der Waals surface area contributed by atoms with Gasteiger partial charge in [0.1, 0.15) is 30.2 Å². The molecule has 0 saturated carbocycles. The van der Waals surface area contributed by atoms with Crippen molar-refractivity contribution in [1.82, 2.24) is 0 Å². The van der Waals surface area contributed by atoms with Gasteiger partial charge in [0.15, 0.2) is 5.79 Å². The maximum absolute atomic E-state index is 13.4. The van der Waals surface area contributed by atoms with Crippen molar-refractivity contribution in [2.45, 2.75) is 76.3 Å². The van der Waals surface area contributed by atoms with Crippen LogP contribution in [0.4, 0.5) is 4.39 Å². The minimum absolute atomic E-state index is 0.123. The summed E-state index contributed by atoms with van der Waals surface area (Å²) in [7, 11) is 0. The Balaban J connectivity index is 1.32. The van der Waals surface area contributed by atoms with Gasteiger partial charge in [-0.05, 0) is 68.4 Å². The summed E-state index contributed by atoms with van der Waals surface area (Å²) in [5.41, 5.74) is 3.36. The fourth-order valence-electron chi connectivity index (χ4n) is 4.97. The summed E-state index contributed by atoms with van der Waals surface area (Å²) in [6.07, 6.45) is 0.883. The van der Waals surface area contributed by atoms with Crippen LogP contribution < -0.4 is 0 Å². The molecule has 1 saturated heterocycles. The molecule has 1 heterocycles. The molecule has 0 aromatic heterocycles. The minimum atomic E-state index is -0.909. The lowest BCUT2D eigenvalue weighted by atomic mass is 10.0. The van der Waals surface area contributed by atoms with Crippen molar-refractivity contribution in [3.05, 3.63) is 107 Å². The number of ether oxygens (including phenoxy) is 5. The first-order valence-electron chi connectivity index (χ1n) is 14.5. The normalized spacial score (nSPS) is 19.7. The highest BCUT2D eigenvalue weighted by Gasteiger charge is 2.48. The molecule has 4 atom stereocenters. The Bertz CT molecular complexity index is 1120. The van der Waals surface area contributed by atoms with Gasteiger partial charge >= 0.3 is 0 Å². The molecule has 0 bridgehead atoms. The van der Waals surface area contributed by atoms with E-state index in [1.807, 2.05) is 50.2 Å². The summed E-state index contributed by atoms with van der Waals surface area (Å²) >= 11 is 0. The highest BCUT2D eigenvalue weighted by atomic mass is 19.1. The zero-order valence-electron chi connectivity index (χ0n) is 24.1. The lowest BCUT2D eigenvalue weighted by Gasteiger charge is -2.29. The van der Waals surface area contributed by atoms with Gasteiger partial charge in [0, 0.05) is 13.2 Å². The van der Waals surface area contributed by atoms with Gasteiger partial charge in [0.25, 0.3) is 0 Å². The van der Waals surface area contributed by atoms with Crippen LogP contribution in [-0.2, 0) is 43.1 Å². The van der Waals surface area contributed by atoms with Crippen molar-refractivity contribution in [3.8, 4) is 0 Å². The maximum Gasteiger partial charge on any atom is 0.164 e. The summed E-state index contributed by atoms with van der Waals surface area (Å²) in [5, 5.41) is 11.1. The molecule has 0 aliphatic carbocycles. The van der Waals surface area contributed by atoms with Gasteiger partial charge in [0.05, 0.1) is 19.8 Å². The van der Waals surface area contributed by atoms with E-state index in [0.29, 0.717) is 13.2 Å². The largest absolute Gasteiger partial charge is 0.388 e. The van der Waals surface area contributed by atoms with Crippen molar-refractivity contribution < 1.29 is 33.2 Å². The SMILES string of the molecule is CC1(C)O[C@H]([C@H](O)COCCCc2ccccc2)[C@@H]([C@@H](COCCCc2ccccc2)OCc2ccc(F)cc2)O1. The second-order valence-corrected chi connectivity index (χ2v) is 10.9. The highest BCUT2D eigenvalue weighted by molar-refractivity contribution is 5.16. The number of aryl methyl sites for hydroxylation is 2. The van der Waals surface area contributed by atoms with Crippen LogP contribution in [0, 0.1) is 5.82 Å². The Morgan fingerprint density at radius 2 is 1.27 bits per heavy atom. The number of halogens is 1. The number of rotatable bonds is 17. The maximum atomic E-state index is 13.4. The summed E-state index contributed by atoms with van der Waals surface area (Å²) in [6.45, 7) is 5.37. The Morgan fingerprint density at radius 1 is 0.732 bits per heavy atom. The first-order chi connectivity index (χ1) is 19.9. The van der Waals surface area contributed by atoms with Gasteiger partial charge in [-0.1, -0.05) is 72.8 Å². The fraction of sp³-hybridized carbons (Fsp3) is 0.471. The van der Waals surface area contributed by atoms with Gasteiger partial charge in [-0.15, -0.1) is 0 Å². The highest BCUT2D eigenvalue weighted by Crippen LogP contribution is 2.33. The Morgan fingerprint density at radius 3 is 1.85 bits per heavy atom. The van der Waals surface area contributed by atoms with Crippen molar-refractivity contribution in [3.63, 3.8) is 0 Å². The van der Waals surface area contributed by atoms with E-state index < -0.39 is 30.2 Å². The molecule has 1 fully saturated rings. The lowest BCUT2D eigenvalue weighted by molar-refractivity contribution is -0.169. The number of aliphatic hydroxyl groups is 1. The summed E-state index contributed by atoms with van der Waals surface area (Å²) in [5.74, 6) is -1.21. The van der Waals surface area contributed by atoms with Gasteiger partial charge in [-0.3, -0.25) is 0 Å². The van der Waals surface area contributed by atoms with Gasteiger partial charge in [-0.25, -0.2) is 4.39 Å². The molecular weight excluding hydrogens is 523 g/mol. The first-order valence-corrected chi connectivity index (χ1v) is 14.5. The molecule has 3 aromatic carbocycles. The second-order valence-electron chi connectivity index (χ2n) is 10.9. The van der Waals surface area contributed by atoms with Crippen LogP contribution in [-0.4, -0.2) is 61.7 Å². The van der Waals surface area contributed by atoms with Gasteiger partial charge in [0.2, 0.25) is 0 Å². The number of hydrogen-bond donors (Lipinski definition) is 1. The number of aliphatic hydroxyl groups excluding tert-OH is 1. The molecule has 0 amide bonds. The molecule has 1 N–H and O–H groups in total. The van der Waals surface area contributed by atoms with E-state index in [1.54, 1.807) is 12.1 Å². The van der Waals surface area contributed by atoms with E-state index in [2.05, 4.69) is 24.3 Å². The molecule has 6 nitrogen and oxygen atoms in total. The monoisotopic (exact) mass is 566 g/mol. The number of benzene rings is 3. The van der Waals surface area contributed by atoms with E-state index >= 15 is 0 Å². The predicted molar refractivity (Wildman–Crippen MR) is 156 cm³/mol. The van der Waals surface area contributed by atoms with Crippen molar-refractivity contribution in [1.29, 1.82) is 0 Å². The average molecular weight is 567 g/mol. The molecule has 222 valence electrons. The van der Waals surface area contributed by atoms with E-state index in [9.17, 15) is 9.50 Å². The number of hydrogen-bond acceptors (Lipinski definition) is 6. The Kier molecular flexibility index (Phi) is 12.3. The van der Waals surface area contributed by atoms with E-state index in [-0.39, 0.29) is 25.6 Å². The van der Waals surface area contributed by atoms with Crippen LogP contribution >= 0.6 is 0 Å². The molecule has 7 heteroatoms. The molecule has 3 aromatic rings. The summed E-state index contributed by atoms with van der Waals surface area (Å²) < 4.78 is 44.0. The van der Waals surface area contributed by atoms with Crippen LogP contribution in [0.2, 0.25) is 0 Å². The van der Waals surface area contributed by atoms with Crippen molar-refractivity contribution in [2.24, 2.45) is 0 Å². The molecule has 0 unspecified atom stereocenters. The van der Waals surface area contributed by atoms with Crippen molar-refractivity contribution in [2.75, 3.05) is 26.4 Å². The molecule has 1 aliphatic rings. The lowest BCUT2D eigenvalue weighted by Crippen LogP contribution is -2.47. The quantitative estimate of drug-likeness (QED) is 0.206. The molecule has 1 aliphatic heterocycles. The van der Waals surface area contributed by atoms with Crippen LogP contribution in [0.1, 0.15) is 43.4 Å². The molecule has 0 radical (unpaired) electrons. The Labute approximate surface area is 243 Å². The fourth-order valence-corrected chi connectivity index (χ4v) is 4.97. The zero-order chi connectivity index (χ0) is 28.9. The third-order valence-electron chi connectivity index (χ3n) is 7.05. The molecule has 4 rings (SSSR count). The topological polar surface area (TPSA) is 66.4 Å². The van der Waals surface area contributed by atoms with Crippen molar-refractivity contribution >= 4 is 0 Å². The molecule has 0 spiro atoms. The van der Waals surface area contributed by atoms with Crippen LogP contribution in [0.15, 0.2) is 84.9 Å². The van der Waals surface area contributed by atoms with Gasteiger partial charge < -0.3 is 28.8 Å². The predicted octanol–water partition coefficient (Wildman–Crippen LogP) is 5.89. The summed E-state index contributed by atoms with van der Waals surface area (Å²) in [6, 6.07) is 26.8. The minimum Gasteiger partial charge on any atom is -0.388 e. The Hall–Kier alpha value is -2.65.